The second-order valence-corrected chi connectivity index (χ2v) is 4.96. The van der Waals surface area contributed by atoms with Crippen molar-refractivity contribution in [2.45, 2.75) is 33.6 Å². The van der Waals surface area contributed by atoms with Crippen molar-refractivity contribution >= 4 is 11.8 Å². The highest BCUT2D eigenvalue weighted by atomic mass is 15.3. The number of piperidine rings is 1. The van der Waals surface area contributed by atoms with E-state index in [1.54, 1.807) is 6.20 Å². The van der Waals surface area contributed by atoms with Gasteiger partial charge in [-0.1, -0.05) is 6.92 Å². The van der Waals surface area contributed by atoms with Gasteiger partial charge in [0, 0.05) is 26.2 Å². The average molecular weight is 249 g/mol. The van der Waals surface area contributed by atoms with Crippen LogP contribution >= 0.6 is 0 Å². The van der Waals surface area contributed by atoms with Gasteiger partial charge in [-0.05, 0) is 32.6 Å². The number of aromatic nitrogens is 3. The van der Waals surface area contributed by atoms with Crippen molar-refractivity contribution in [3.05, 3.63) is 6.20 Å². The van der Waals surface area contributed by atoms with Crippen LogP contribution in [0.25, 0.3) is 0 Å². The highest BCUT2D eigenvalue weighted by Crippen LogP contribution is 2.20. The molecule has 18 heavy (non-hydrogen) atoms. The first kappa shape index (κ1) is 13.1. The van der Waals surface area contributed by atoms with Crippen LogP contribution in [-0.4, -0.2) is 41.4 Å². The molecule has 0 unspecified atom stereocenters. The highest BCUT2D eigenvalue weighted by Gasteiger charge is 2.19. The monoisotopic (exact) mass is 249 g/mol. The third kappa shape index (κ3) is 2.89. The van der Waals surface area contributed by atoms with Crippen molar-refractivity contribution < 1.29 is 0 Å². The van der Waals surface area contributed by atoms with E-state index in [4.69, 9.17) is 0 Å². The molecule has 5 nitrogen and oxygen atoms in total. The minimum absolute atomic E-state index is 0.784. The molecule has 0 bridgehead atoms. The summed E-state index contributed by atoms with van der Waals surface area (Å²) in [6, 6.07) is 0. The van der Waals surface area contributed by atoms with Crippen LogP contribution < -0.4 is 9.80 Å². The van der Waals surface area contributed by atoms with Crippen LogP contribution in [-0.2, 0) is 0 Å². The van der Waals surface area contributed by atoms with Gasteiger partial charge in [0.25, 0.3) is 0 Å². The molecule has 1 fully saturated rings. The molecule has 0 amide bonds. The van der Waals surface area contributed by atoms with Gasteiger partial charge in [0.15, 0.2) is 5.82 Å². The molecule has 2 rings (SSSR count). The summed E-state index contributed by atoms with van der Waals surface area (Å²) in [5, 5.41) is 8.28. The molecule has 0 spiro atoms. The van der Waals surface area contributed by atoms with Gasteiger partial charge in [0.1, 0.15) is 0 Å². The molecule has 1 aromatic rings. The molecule has 0 saturated carbocycles. The molecule has 2 heterocycles. The lowest BCUT2D eigenvalue weighted by Gasteiger charge is -2.30. The smallest absolute Gasteiger partial charge is 0.247 e. The van der Waals surface area contributed by atoms with E-state index < -0.39 is 0 Å². The van der Waals surface area contributed by atoms with Crippen LogP contribution in [0.1, 0.15) is 33.6 Å². The first-order valence-electron chi connectivity index (χ1n) is 6.94. The standard InChI is InChI=1S/C13H23N5/c1-4-17(5-2)12-10-14-16-13(15-12)18-8-6-11(3)7-9-18/h10-11H,4-9H2,1-3H3. The van der Waals surface area contributed by atoms with Crippen molar-refractivity contribution in [1.82, 2.24) is 15.2 Å². The topological polar surface area (TPSA) is 45.2 Å². The normalized spacial score (nSPS) is 16.9. The van der Waals surface area contributed by atoms with E-state index in [1.165, 1.54) is 12.8 Å². The van der Waals surface area contributed by atoms with E-state index in [0.717, 1.165) is 43.9 Å². The van der Waals surface area contributed by atoms with Crippen molar-refractivity contribution in [2.24, 2.45) is 5.92 Å². The lowest BCUT2D eigenvalue weighted by molar-refractivity contribution is 0.433. The minimum atomic E-state index is 0.784. The van der Waals surface area contributed by atoms with E-state index in [1.807, 2.05) is 0 Å². The predicted octanol–water partition coefficient (Wildman–Crippen LogP) is 1.95. The minimum Gasteiger partial charge on any atom is -0.356 e. The Morgan fingerprint density at radius 2 is 1.94 bits per heavy atom. The fraction of sp³-hybridized carbons (Fsp3) is 0.769. The first-order chi connectivity index (χ1) is 8.74. The SMILES string of the molecule is CCN(CC)c1cnnc(N2CCC(C)CC2)n1. The van der Waals surface area contributed by atoms with Crippen molar-refractivity contribution in [3.63, 3.8) is 0 Å². The molecule has 0 aliphatic carbocycles. The largest absolute Gasteiger partial charge is 0.356 e. The maximum absolute atomic E-state index is 4.64. The molecule has 1 saturated heterocycles. The summed E-state index contributed by atoms with van der Waals surface area (Å²) in [4.78, 5) is 9.09. The summed E-state index contributed by atoms with van der Waals surface area (Å²) in [5.41, 5.74) is 0. The zero-order valence-electron chi connectivity index (χ0n) is 11.6. The molecule has 1 aliphatic rings. The Hall–Kier alpha value is -1.39. The van der Waals surface area contributed by atoms with E-state index in [0.29, 0.717) is 0 Å². The third-order valence-corrected chi connectivity index (χ3v) is 3.69. The number of hydrogen-bond acceptors (Lipinski definition) is 5. The van der Waals surface area contributed by atoms with Crippen LogP contribution in [0.2, 0.25) is 0 Å². The summed E-state index contributed by atoms with van der Waals surface area (Å²) in [5.74, 6) is 2.54. The van der Waals surface area contributed by atoms with Crippen LogP contribution in [0.15, 0.2) is 6.20 Å². The lowest BCUT2D eigenvalue weighted by atomic mass is 10.00. The second-order valence-electron chi connectivity index (χ2n) is 4.96. The summed E-state index contributed by atoms with van der Waals surface area (Å²) >= 11 is 0. The summed E-state index contributed by atoms with van der Waals surface area (Å²) in [6.45, 7) is 10.6. The zero-order valence-corrected chi connectivity index (χ0v) is 11.6. The van der Waals surface area contributed by atoms with Crippen molar-refractivity contribution in [2.75, 3.05) is 36.0 Å². The molecule has 1 aromatic heterocycles. The Morgan fingerprint density at radius 3 is 2.56 bits per heavy atom. The predicted molar refractivity (Wildman–Crippen MR) is 74.0 cm³/mol. The van der Waals surface area contributed by atoms with Gasteiger partial charge in [0.2, 0.25) is 5.95 Å². The molecule has 100 valence electrons. The average Bonchev–Trinajstić information content (AvgIpc) is 2.41. The second kappa shape index (κ2) is 5.98. The molecule has 0 N–H and O–H groups in total. The molecule has 5 heteroatoms. The molecule has 0 aromatic carbocycles. The van der Waals surface area contributed by atoms with Gasteiger partial charge in [-0.2, -0.15) is 10.1 Å². The number of rotatable bonds is 4. The van der Waals surface area contributed by atoms with E-state index in [9.17, 15) is 0 Å². The van der Waals surface area contributed by atoms with E-state index in [-0.39, 0.29) is 0 Å². The molecule has 1 aliphatic heterocycles. The summed E-state index contributed by atoms with van der Waals surface area (Å²) < 4.78 is 0. The number of hydrogen-bond donors (Lipinski definition) is 0. The number of nitrogens with zero attached hydrogens (tertiary/aromatic N) is 5. The van der Waals surface area contributed by atoms with Crippen molar-refractivity contribution in [3.8, 4) is 0 Å². The summed E-state index contributed by atoms with van der Waals surface area (Å²) in [6.07, 6.45) is 4.20. The van der Waals surface area contributed by atoms with Crippen LogP contribution in [0, 0.1) is 5.92 Å². The quantitative estimate of drug-likeness (QED) is 0.816. The Balaban J connectivity index is 2.11. The van der Waals surface area contributed by atoms with Crippen LogP contribution in [0.4, 0.5) is 11.8 Å². The maximum Gasteiger partial charge on any atom is 0.247 e. The van der Waals surface area contributed by atoms with Crippen molar-refractivity contribution in [1.29, 1.82) is 0 Å². The zero-order chi connectivity index (χ0) is 13.0. The Labute approximate surface area is 109 Å². The third-order valence-electron chi connectivity index (χ3n) is 3.69. The Kier molecular flexibility index (Phi) is 4.33. The Morgan fingerprint density at radius 1 is 1.28 bits per heavy atom. The molecule has 0 atom stereocenters. The van der Waals surface area contributed by atoms with Gasteiger partial charge in [0.05, 0.1) is 6.20 Å². The maximum atomic E-state index is 4.64. The van der Waals surface area contributed by atoms with Gasteiger partial charge in [-0.25, -0.2) is 0 Å². The van der Waals surface area contributed by atoms with Gasteiger partial charge in [-0.3, -0.25) is 0 Å². The van der Waals surface area contributed by atoms with Gasteiger partial charge in [-0.15, -0.1) is 5.10 Å². The van der Waals surface area contributed by atoms with E-state index in [2.05, 4.69) is 45.8 Å². The molecular weight excluding hydrogens is 226 g/mol. The Bertz CT molecular complexity index is 369. The van der Waals surface area contributed by atoms with Crippen LogP contribution in [0.5, 0.6) is 0 Å². The van der Waals surface area contributed by atoms with Gasteiger partial charge >= 0.3 is 0 Å². The fourth-order valence-corrected chi connectivity index (χ4v) is 2.33. The molecule has 0 radical (unpaired) electrons. The fourth-order valence-electron chi connectivity index (χ4n) is 2.33. The lowest BCUT2D eigenvalue weighted by Crippen LogP contribution is -2.35. The molecular formula is C13H23N5. The first-order valence-corrected chi connectivity index (χ1v) is 6.94. The summed E-state index contributed by atoms with van der Waals surface area (Å²) in [7, 11) is 0. The number of anilines is 2. The highest BCUT2D eigenvalue weighted by molar-refractivity contribution is 5.41. The van der Waals surface area contributed by atoms with Crippen LogP contribution in [0.3, 0.4) is 0 Å². The van der Waals surface area contributed by atoms with E-state index >= 15 is 0 Å². The van der Waals surface area contributed by atoms with Gasteiger partial charge < -0.3 is 9.80 Å².